The van der Waals surface area contributed by atoms with E-state index in [1.54, 1.807) is 31.2 Å². The number of carbonyl (C=O) groups excluding carboxylic acids is 2. The minimum absolute atomic E-state index is 0.0943. The molecule has 2 N–H and O–H groups in total. The van der Waals surface area contributed by atoms with Crippen LogP contribution in [0.25, 0.3) is 10.8 Å². The molecule has 0 saturated heterocycles. The summed E-state index contributed by atoms with van der Waals surface area (Å²) in [6.07, 6.45) is 3.68. The maximum absolute atomic E-state index is 12.7. The second-order valence-electron chi connectivity index (χ2n) is 8.87. The first-order chi connectivity index (χ1) is 13.7. The number of amides is 2. The topological polar surface area (TPSA) is 93.1 Å². The molecule has 7 heteroatoms. The van der Waals surface area contributed by atoms with Gasteiger partial charge in [0.05, 0.1) is 5.39 Å². The zero-order valence-corrected chi connectivity index (χ0v) is 17.6. The Labute approximate surface area is 170 Å². The van der Waals surface area contributed by atoms with Gasteiger partial charge in [-0.1, -0.05) is 39.0 Å². The van der Waals surface area contributed by atoms with Crippen molar-refractivity contribution in [2.45, 2.75) is 59.9 Å². The largest absolute Gasteiger partial charge is 0.290 e. The van der Waals surface area contributed by atoms with E-state index in [-0.39, 0.29) is 28.5 Å². The van der Waals surface area contributed by atoms with E-state index in [0.717, 1.165) is 25.7 Å². The molecule has 1 aliphatic carbocycles. The highest BCUT2D eigenvalue weighted by molar-refractivity contribution is 6.05. The molecule has 29 heavy (non-hydrogen) atoms. The molecule has 1 aromatic carbocycles. The van der Waals surface area contributed by atoms with Crippen molar-refractivity contribution < 1.29 is 9.59 Å². The van der Waals surface area contributed by atoms with Crippen molar-refractivity contribution in [1.82, 2.24) is 20.6 Å². The molecule has 1 heterocycles. The third kappa shape index (κ3) is 4.49. The summed E-state index contributed by atoms with van der Waals surface area (Å²) in [4.78, 5) is 37.6. The zero-order valence-electron chi connectivity index (χ0n) is 17.6. The highest BCUT2D eigenvalue weighted by atomic mass is 16.2. The predicted octanol–water partition coefficient (Wildman–Crippen LogP) is 3.03. The van der Waals surface area contributed by atoms with E-state index in [2.05, 4.69) is 36.7 Å². The fourth-order valence-corrected chi connectivity index (χ4v) is 4.12. The summed E-state index contributed by atoms with van der Waals surface area (Å²) < 4.78 is 1.26. The lowest BCUT2D eigenvalue weighted by atomic mass is 9.70. The Kier molecular flexibility index (Phi) is 6.05. The molecule has 7 nitrogen and oxygen atoms in total. The molecule has 0 bridgehead atoms. The van der Waals surface area contributed by atoms with Gasteiger partial charge in [0.25, 0.3) is 11.5 Å². The van der Waals surface area contributed by atoms with Crippen LogP contribution < -0.4 is 16.4 Å². The van der Waals surface area contributed by atoms with E-state index in [9.17, 15) is 14.4 Å². The number of nitrogens with zero attached hydrogens (tertiary/aromatic N) is 2. The summed E-state index contributed by atoms with van der Waals surface area (Å²) in [5, 5.41) is 5.09. The minimum Gasteiger partial charge on any atom is -0.273 e. The quantitative estimate of drug-likeness (QED) is 0.777. The van der Waals surface area contributed by atoms with E-state index in [4.69, 9.17) is 0 Å². The maximum atomic E-state index is 12.7. The van der Waals surface area contributed by atoms with Crippen LogP contribution in [-0.4, -0.2) is 21.6 Å². The van der Waals surface area contributed by atoms with Crippen LogP contribution in [0.15, 0.2) is 29.1 Å². The number of rotatable bonds is 3. The van der Waals surface area contributed by atoms with Gasteiger partial charge >= 0.3 is 0 Å². The molecule has 1 aliphatic rings. The van der Waals surface area contributed by atoms with Gasteiger partial charge in [-0.3, -0.25) is 25.2 Å². The molecule has 2 aromatic rings. The van der Waals surface area contributed by atoms with Crippen molar-refractivity contribution in [2.75, 3.05) is 0 Å². The molecule has 0 radical (unpaired) electrons. The highest BCUT2D eigenvalue weighted by Gasteiger charge is 2.32. The average molecular weight is 399 g/mol. The highest BCUT2D eigenvalue weighted by Crippen LogP contribution is 2.39. The number of aromatic nitrogens is 2. The van der Waals surface area contributed by atoms with Crippen LogP contribution in [0.4, 0.5) is 0 Å². The zero-order chi connectivity index (χ0) is 21.2. The molecule has 0 spiro atoms. The molecule has 1 saturated carbocycles. The van der Waals surface area contributed by atoms with Gasteiger partial charge in [-0.15, -0.1) is 0 Å². The monoisotopic (exact) mass is 398 g/mol. The van der Waals surface area contributed by atoms with Crippen molar-refractivity contribution >= 4 is 22.6 Å². The summed E-state index contributed by atoms with van der Waals surface area (Å²) >= 11 is 0. The number of fused-ring (bicyclic) bond motifs is 1. The number of benzene rings is 1. The van der Waals surface area contributed by atoms with E-state index in [0.29, 0.717) is 23.2 Å². The van der Waals surface area contributed by atoms with Crippen LogP contribution in [-0.2, 0) is 11.3 Å². The van der Waals surface area contributed by atoms with E-state index in [1.165, 1.54) is 4.68 Å². The maximum Gasteiger partial charge on any atom is 0.290 e. The van der Waals surface area contributed by atoms with Gasteiger partial charge in [-0.05, 0) is 50.0 Å². The van der Waals surface area contributed by atoms with Gasteiger partial charge in [-0.25, -0.2) is 4.68 Å². The molecule has 1 aromatic heterocycles. The van der Waals surface area contributed by atoms with Crippen LogP contribution in [0.2, 0.25) is 0 Å². The van der Waals surface area contributed by atoms with Gasteiger partial charge in [0.15, 0.2) is 5.69 Å². The Hall–Kier alpha value is -2.70. The molecular formula is C22H30N4O3. The molecular weight excluding hydrogens is 368 g/mol. The van der Waals surface area contributed by atoms with Crippen LogP contribution in [0.1, 0.15) is 63.9 Å². The van der Waals surface area contributed by atoms with Gasteiger partial charge in [-0.2, -0.15) is 5.10 Å². The van der Waals surface area contributed by atoms with E-state index in [1.807, 2.05) is 0 Å². The summed E-state index contributed by atoms with van der Waals surface area (Å²) in [6, 6.07) is 6.87. The van der Waals surface area contributed by atoms with Gasteiger partial charge in [0.1, 0.15) is 0 Å². The minimum atomic E-state index is -0.528. The fraction of sp³-hybridized carbons (Fsp3) is 0.545. The van der Waals surface area contributed by atoms with Crippen molar-refractivity contribution in [2.24, 2.45) is 17.3 Å². The number of hydrogen-bond donors (Lipinski definition) is 2. The standard InChI is InChI=1S/C22H30N4O3/c1-5-26-21(29)17-9-7-6-8-16(17)18(25-26)20(28)24-23-19(27)14-10-12-15(13-11-14)22(2,3)4/h6-9,14-15H,5,10-13H2,1-4H3,(H,23,27)(H,24,28). The Bertz CT molecular complexity index is 966. The van der Waals surface area contributed by atoms with Crippen molar-refractivity contribution in [3.8, 4) is 0 Å². The first-order valence-corrected chi connectivity index (χ1v) is 10.3. The van der Waals surface area contributed by atoms with Crippen LogP contribution in [0.5, 0.6) is 0 Å². The van der Waals surface area contributed by atoms with Crippen molar-refractivity contribution in [3.63, 3.8) is 0 Å². The average Bonchev–Trinajstić information content (AvgIpc) is 2.71. The predicted molar refractivity (Wildman–Crippen MR) is 112 cm³/mol. The smallest absolute Gasteiger partial charge is 0.273 e. The van der Waals surface area contributed by atoms with Gasteiger partial charge < -0.3 is 0 Å². The summed E-state index contributed by atoms with van der Waals surface area (Å²) in [5.74, 6) is -0.172. The Balaban J connectivity index is 1.68. The lowest BCUT2D eigenvalue weighted by Crippen LogP contribution is -2.46. The lowest BCUT2D eigenvalue weighted by Gasteiger charge is -2.36. The second kappa shape index (κ2) is 8.35. The number of hydrogen-bond acceptors (Lipinski definition) is 4. The summed E-state index contributed by atoms with van der Waals surface area (Å²) in [5.41, 5.74) is 5.18. The lowest BCUT2D eigenvalue weighted by molar-refractivity contribution is -0.127. The summed E-state index contributed by atoms with van der Waals surface area (Å²) in [6.45, 7) is 8.87. The van der Waals surface area contributed by atoms with Crippen LogP contribution in [0, 0.1) is 17.3 Å². The van der Waals surface area contributed by atoms with Crippen molar-refractivity contribution in [1.29, 1.82) is 0 Å². The van der Waals surface area contributed by atoms with Crippen LogP contribution >= 0.6 is 0 Å². The molecule has 2 amide bonds. The van der Waals surface area contributed by atoms with Gasteiger partial charge in [0.2, 0.25) is 5.91 Å². The SMILES string of the molecule is CCn1nc(C(=O)NNC(=O)C2CCC(C(C)(C)C)CC2)c2ccccc2c1=O. The fourth-order valence-electron chi connectivity index (χ4n) is 4.12. The Morgan fingerprint density at radius 3 is 2.28 bits per heavy atom. The number of nitrogens with one attached hydrogen (secondary N) is 2. The molecule has 0 unspecified atom stereocenters. The third-order valence-corrected chi connectivity index (χ3v) is 6.00. The second-order valence-corrected chi connectivity index (χ2v) is 8.87. The number of carbonyl (C=O) groups is 2. The first kappa shape index (κ1) is 21.0. The Morgan fingerprint density at radius 2 is 1.69 bits per heavy atom. The van der Waals surface area contributed by atoms with Gasteiger partial charge in [0, 0.05) is 17.8 Å². The van der Waals surface area contributed by atoms with E-state index < -0.39 is 5.91 Å². The molecule has 156 valence electrons. The number of hydrazine groups is 1. The molecule has 1 fully saturated rings. The van der Waals surface area contributed by atoms with Crippen LogP contribution in [0.3, 0.4) is 0 Å². The Morgan fingerprint density at radius 1 is 1.07 bits per heavy atom. The normalized spacial score (nSPS) is 19.7. The summed E-state index contributed by atoms with van der Waals surface area (Å²) in [7, 11) is 0. The third-order valence-electron chi connectivity index (χ3n) is 6.00. The van der Waals surface area contributed by atoms with E-state index >= 15 is 0 Å². The molecule has 0 atom stereocenters. The first-order valence-electron chi connectivity index (χ1n) is 10.3. The number of aryl methyl sites for hydroxylation is 1. The molecule has 3 rings (SSSR count). The van der Waals surface area contributed by atoms with Crippen molar-refractivity contribution in [3.05, 3.63) is 40.3 Å². The molecule has 0 aliphatic heterocycles.